The van der Waals surface area contributed by atoms with E-state index in [4.69, 9.17) is 14.6 Å². The standard InChI is InChI=1S/C9H7BFNO2/c11-9-3-1-2-8(7(9)6-12)10-13-4-5-14-10/h1-3H,4-5H2. The van der Waals surface area contributed by atoms with Crippen molar-refractivity contribution in [1.29, 1.82) is 5.26 Å². The van der Waals surface area contributed by atoms with E-state index in [2.05, 4.69) is 0 Å². The summed E-state index contributed by atoms with van der Waals surface area (Å²) >= 11 is 0. The minimum absolute atomic E-state index is 0.000556. The fourth-order valence-electron chi connectivity index (χ4n) is 1.39. The van der Waals surface area contributed by atoms with Gasteiger partial charge in [-0.3, -0.25) is 0 Å². The van der Waals surface area contributed by atoms with E-state index in [0.29, 0.717) is 18.7 Å². The summed E-state index contributed by atoms with van der Waals surface area (Å²) < 4.78 is 23.6. The Morgan fingerprint density at radius 2 is 2.07 bits per heavy atom. The predicted octanol–water partition coefficient (Wildman–Crippen LogP) is 0.439. The Hall–Kier alpha value is -1.38. The first-order valence-electron chi connectivity index (χ1n) is 4.24. The van der Waals surface area contributed by atoms with E-state index in [1.54, 1.807) is 12.1 Å². The highest BCUT2D eigenvalue weighted by atomic mass is 19.1. The summed E-state index contributed by atoms with van der Waals surface area (Å²) in [5.41, 5.74) is 0.462. The molecule has 3 nitrogen and oxygen atoms in total. The highest BCUT2D eigenvalue weighted by Gasteiger charge is 2.29. The maximum atomic E-state index is 13.2. The smallest absolute Gasteiger partial charge is 0.405 e. The molecule has 1 aromatic rings. The molecule has 5 heteroatoms. The van der Waals surface area contributed by atoms with Gasteiger partial charge < -0.3 is 9.31 Å². The fourth-order valence-corrected chi connectivity index (χ4v) is 1.39. The van der Waals surface area contributed by atoms with Gasteiger partial charge in [-0.15, -0.1) is 0 Å². The highest BCUT2D eigenvalue weighted by Crippen LogP contribution is 2.07. The SMILES string of the molecule is N#Cc1c(F)cccc1B1OCCO1. The van der Waals surface area contributed by atoms with E-state index < -0.39 is 12.9 Å². The van der Waals surface area contributed by atoms with Crippen molar-refractivity contribution >= 4 is 12.6 Å². The van der Waals surface area contributed by atoms with Crippen LogP contribution in [-0.4, -0.2) is 20.3 Å². The Morgan fingerprint density at radius 3 is 2.71 bits per heavy atom. The monoisotopic (exact) mass is 191 g/mol. The molecule has 0 aliphatic carbocycles. The molecule has 0 amide bonds. The largest absolute Gasteiger partial charge is 0.495 e. The van der Waals surface area contributed by atoms with Gasteiger partial charge in [-0.05, 0) is 6.07 Å². The number of nitriles is 1. The molecule has 0 saturated carbocycles. The molecule has 0 spiro atoms. The quantitative estimate of drug-likeness (QED) is 0.604. The minimum atomic E-state index is -0.597. The zero-order chi connectivity index (χ0) is 9.97. The maximum Gasteiger partial charge on any atom is 0.495 e. The summed E-state index contributed by atoms with van der Waals surface area (Å²) in [6, 6.07) is 6.23. The van der Waals surface area contributed by atoms with E-state index in [1.165, 1.54) is 12.1 Å². The molecular formula is C9H7BFNO2. The molecule has 1 aliphatic rings. The van der Waals surface area contributed by atoms with Crippen LogP contribution >= 0.6 is 0 Å². The molecule has 0 radical (unpaired) electrons. The van der Waals surface area contributed by atoms with Crippen LogP contribution in [-0.2, 0) is 9.31 Å². The van der Waals surface area contributed by atoms with Crippen LogP contribution in [0.5, 0.6) is 0 Å². The van der Waals surface area contributed by atoms with E-state index in [1.807, 2.05) is 0 Å². The van der Waals surface area contributed by atoms with E-state index in [-0.39, 0.29) is 5.56 Å². The van der Waals surface area contributed by atoms with Gasteiger partial charge in [0.1, 0.15) is 11.9 Å². The Morgan fingerprint density at radius 1 is 1.36 bits per heavy atom. The van der Waals surface area contributed by atoms with Gasteiger partial charge in [0.2, 0.25) is 0 Å². The summed E-state index contributed by atoms with van der Waals surface area (Å²) in [7, 11) is -0.597. The fraction of sp³-hybridized carbons (Fsp3) is 0.222. The molecule has 2 rings (SSSR count). The Balaban J connectivity index is 2.42. The van der Waals surface area contributed by atoms with Crippen LogP contribution in [0.4, 0.5) is 4.39 Å². The first-order chi connectivity index (χ1) is 6.83. The second-order valence-corrected chi connectivity index (χ2v) is 2.89. The van der Waals surface area contributed by atoms with Gasteiger partial charge in [-0.1, -0.05) is 12.1 Å². The van der Waals surface area contributed by atoms with Crippen LogP contribution < -0.4 is 5.46 Å². The molecule has 1 aromatic carbocycles. The number of hydrogen-bond donors (Lipinski definition) is 0. The topological polar surface area (TPSA) is 42.2 Å². The van der Waals surface area contributed by atoms with Crippen molar-refractivity contribution in [3.8, 4) is 6.07 Å². The van der Waals surface area contributed by atoms with Crippen molar-refractivity contribution in [1.82, 2.24) is 0 Å². The van der Waals surface area contributed by atoms with E-state index in [0.717, 1.165) is 0 Å². The molecule has 14 heavy (non-hydrogen) atoms. The van der Waals surface area contributed by atoms with Crippen molar-refractivity contribution in [2.24, 2.45) is 0 Å². The molecule has 0 N–H and O–H groups in total. The van der Waals surface area contributed by atoms with Crippen molar-refractivity contribution in [2.45, 2.75) is 0 Å². The Labute approximate surface area is 81.2 Å². The van der Waals surface area contributed by atoms with Gasteiger partial charge in [-0.2, -0.15) is 5.26 Å². The summed E-state index contributed by atoms with van der Waals surface area (Å²) in [5, 5.41) is 8.76. The molecule has 1 fully saturated rings. The zero-order valence-electron chi connectivity index (χ0n) is 7.37. The second-order valence-electron chi connectivity index (χ2n) is 2.89. The third-order valence-electron chi connectivity index (χ3n) is 2.03. The van der Waals surface area contributed by atoms with Gasteiger partial charge >= 0.3 is 7.12 Å². The van der Waals surface area contributed by atoms with Crippen molar-refractivity contribution < 1.29 is 13.7 Å². The molecule has 1 aliphatic heterocycles. The maximum absolute atomic E-state index is 13.2. The van der Waals surface area contributed by atoms with E-state index >= 15 is 0 Å². The molecule has 0 atom stereocenters. The third-order valence-corrected chi connectivity index (χ3v) is 2.03. The third kappa shape index (κ3) is 1.50. The highest BCUT2D eigenvalue weighted by molar-refractivity contribution is 6.62. The Bertz CT molecular complexity index is 385. The predicted molar refractivity (Wildman–Crippen MR) is 48.4 cm³/mol. The summed E-state index contributed by atoms with van der Waals surface area (Å²) in [4.78, 5) is 0. The second kappa shape index (κ2) is 3.78. The number of rotatable bonds is 1. The average molecular weight is 191 g/mol. The molecule has 70 valence electrons. The summed E-state index contributed by atoms with van der Waals surface area (Å²) in [5.74, 6) is -0.538. The van der Waals surface area contributed by atoms with Crippen molar-refractivity contribution in [3.05, 3.63) is 29.6 Å². The number of nitrogens with zero attached hydrogens (tertiary/aromatic N) is 1. The van der Waals surface area contributed by atoms with Crippen LogP contribution in [0, 0.1) is 17.1 Å². The first kappa shape index (κ1) is 9.19. The van der Waals surface area contributed by atoms with Gasteiger partial charge in [0, 0.05) is 5.46 Å². The van der Waals surface area contributed by atoms with Crippen LogP contribution in [0.15, 0.2) is 18.2 Å². The van der Waals surface area contributed by atoms with Gasteiger partial charge in [0.05, 0.1) is 18.8 Å². The van der Waals surface area contributed by atoms with Crippen LogP contribution in [0.25, 0.3) is 0 Å². The Kier molecular flexibility index (Phi) is 2.48. The average Bonchev–Trinajstić information content (AvgIpc) is 2.70. The lowest BCUT2D eigenvalue weighted by atomic mass is 9.76. The van der Waals surface area contributed by atoms with Crippen molar-refractivity contribution in [3.63, 3.8) is 0 Å². The zero-order valence-corrected chi connectivity index (χ0v) is 7.37. The van der Waals surface area contributed by atoms with Gasteiger partial charge in [0.15, 0.2) is 0 Å². The minimum Gasteiger partial charge on any atom is -0.405 e. The van der Waals surface area contributed by atoms with Crippen LogP contribution in [0.3, 0.4) is 0 Å². The lowest BCUT2D eigenvalue weighted by Gasteiger charge is -2.06. The van der Waals surface area contributed by atoms with Gasteiger partial charge in [0.25, 0.3) is 0 Å². The summed E-state index contributed by atoms with van der Waals surface area (Å²) in [6.07, 6.45) is 0. The molecule has 1 heterocycles. The number of hydrogen-bond acceptors (Lipinski definition) is 3. The van der Waals surface area contributed by atoms with Crippen LogP contribution in [0.1, 0.15) is 5.56 Å². The molecule has 0 unspecified atom stereocenters. The summed E-state index contributed by atoms with van der Waals surface area (Å²) in [6.45, 7) is 0.956. The van der Waals surface area contributed by atoms with E-state index in [9.17, 15) is 4.39 Å². The van der Waals surface area contributed by atoms with Gasteiger partial charge in [-0.25, -0.2) is 4.39 Å². The first-order valence-corrected chi connectivity index (χ1v) is 4.24. The lowest BCUT2D eigenvalue weighted by molar-refractivity contribution is 0.365. The van der Waals surface area contributed by atoms with Crippen LogP contribution in [0.2, 0.25) is 0 Å². The normalized spacial score (nSPS) is 15.6. The molecular weight excluding hydrogens is 184 g/mol. The number of halogens is 1. The lowest BCUT2D eigenvalue weighted by Crippen LogP contribution is -2.34. The molecule has 1 saturated heterocycles. The number of benzene rings is 1. The molecule has 0 aromatic heterocycles. The molecule has 0 bridgehead atoms. The van der Waals surface area contributed by atoms with Crippen molar-refractivity contribution in [2.75, 3.05) is 13.2 Å².